The zero-order valence-electron chi connectivity index (χ0n) is 23.6. The summed E-state index contributed by atoms with van der Waals surface area (Å²) in [6, 6.07) is 55.2. The normalized spacial score (nSPS) is 15.7. The van der Waals surface area contributed by atoms with Gasteiger partial charge in [0.2, 0.25) is 0 Å². The van der Waals surface area contributed by atoms with Crippen molar-refractivity contribution in [3.63, 3.8) is 0 Å². The first-order valence-electron chi connectivity index (χ1n) is 15.3. The molecule has 0 fully saturated rings. The van der Waals surface area contributed by atoms with Crippen LogP contribution in [-0.4, -0.2) is 0 Å². The minimum absolute atomic E-state index is 0.143. The summed E-state index contributed by atoms with van der Waals surface area (Å²) < 4.78 is 0. The third-order valence-corrected chi connectivity index (χ3v) is 10.5. The van der Waals surface area contributed by atoms with Crippen LogP contribution in [0.4, 0.5) is 0 Å². The summed E-state index contributed by atoms with van der Waals surface area (Å²) >= 11 is 0. The number of fused-ring (bicyclic) bond motifs is 8. The second-order valence-corrected chi connectivity index (χ2v) is 12.4. The molecular weight excluding hydrogens is 504 g/mol. The van der Waals surface area contributed by atoms with Crippen molar-refractivity contribution in [2.75, 3.05) is 0 Å². The van der Waals surface area contributed by atoms with Crippen molar-refractivity contribution in [1.82, 2.24) is 0 Å². The van der Waals surface area contributed by atoms with Crippen molar-refractivity contribution in [2.45, 2.75) is 36.5 Å². The Labute approximate surface area is 248 Å². The number of benzene rings is 6. The summed E-state index contributed by atoms with van der Waals surface area (Å²) in [5, 5.41) is 0. The summed E-state index contributed by atoms with van der Waals surface area (Å²) in [5.74, 6) is 0.673. The Morgan fingerprint density at radius 3 is 1.07 bits per heavy atom. The standard InChI is InChI=1S/C42H32/c1-11-23-40-28(13-1)25-29-14-2-12-24-41(29)42(40,26-38-34-19-7-3-15-30(34)31-16-4-8-20-35(31)38)27-39-36-21-9-5-17-32(36)33-18-6-10-22-37(33)39/h1-24,38-39H,25-27H2. The van der Waals surface area contributed by atoms with Gasteiger partial charge in [-0.3, -0.25) is 0 Å². The molecule has 0 N–H and O–H groups in total. The van der Waals surface area contributed by atoms with Gasteiger partial charge in [0.1, 0.15) is 0 Å². The van der Waals surface area contributed by atoms with Crippen LogP contribution in [0, 0.1) is 0 Å². The molecule has 0 heteroatoms. The molecule has 0 radical (unpaired) electrons. The van der Waals surface area contributed by atoms with Crippen molar-refractivity contribution in [3.8, 4) is 22.3 Å². The maximum absolute atomic E-state index is 2.45. The highest BCUT2D eigenvalue weighted by molar-refractivity contribution is 5.80. The minimum atomic E-state index is -0.143. The monoisotopic (exact) mass is 536 g/mol. The van der Waals surface area contributed by atoms with E-state index in [0.29, 0.717) is 11.8 Å². The van der Waals surface area contributed by atoms with E-state index in [1.54, 1.807) is 0 Å². The van der Waals surface area contributed by atoms with Crippen LogP contribution < -0.4 is 0 Å². The van der Waals surface area contributed by atoms with Crippen LogP contribution in [0.1, 0.15) is 69.2 Å². The quantitative estimate of drug-likeness (QED) is 0.210. The van der Waals surface area contributed by atoms with Gasteiger partial charge in [0, 0.05) is 17.3 Å². The lowest BCUT2D eigenvalue weighted by Crippen LogP contribution is -2.37. The number of hydrogen-bond donors (Lipinski definition) is 0. The molecule has 200 valence electrons. The van der Waals surface area contributed by atoms with Gasteiger partial charge in [-0.25, -0.2) is 0 Å². The molecule has 9 rings (SSSR count). The second kappa shape index (κ2) is 9.16. The predicted molar refractivity (Wildman–Crippen MR) is 173 cm³/mol. The molecule has 0 aliphatic heterocycles. The lowest BCUT2D eigenvalue weighted by atomic mass is 9.58. The summed E-state index contributed by atoms with van der Waals surface area (Å²) in [5.41, 5.74) is 17.4. The van der Waals surface area contributed by atoms with Gasteiger partial charge in [-0.2, -0.15) is 0 Å². The van der Waals surface area contributed by atoms with Crippen LogP contribution in [0.3, 0.4) is 0 Å². The molecule has 0 bridgehead atoms. The van der Waals surface area contributed by atoms with E-state index < -0.39 is 0 Å². The summed E-state index contributed by atoms with van der Waals surface area (Å²) in [6.07, 6.45) is 3.11. The molecule has 0 amide bonds. The molecule has 3 aliphatic carbocycles. The van der Waals surface area contributed by atoms with Crippen LogP contribution in [0.15, 0.2) is 146 Å². The molecule has 3 aliphatic rings. The van der Waals surface area contributed by atoms with Crippen LogP contribution in [0.5, 0.6) is 0 Å². The van der Waals surface area contributed by atoms with Crippen molar-refractivity contribution in [3.05, 3.63) is 190 Å². The Hall–Kier alpha value is -4.68. The maximum atomic E-state index is 2.45. The molecule has 6 aromatic rings. The van der Waals surface area contributed by atoms with E-state index in [1.165, 1.54) is 66.8 Å². The highest BCUT2D eigenvalue weighted by atomic mass is 14.5. The third kappa shape index (κ3) is 3.36. The van der Waals surface area contributed by atoms with Crippen LogP contribution in [-0.2, 0) is 11.8 Å². The molecule has 6 aromatic carbocycles. The smallest absolute Gasteiger partial charge is 0.0226 e. The minimum Gasteiger partial charge on any atom is -0.0620 e. The highest BCUT2D eigenvalue weighted by Crippen LogP contribution is 2.59. The number of rotatable bonds is 4. The average molecular weight is 537 g/mol. The molecule has 0 nitrogen and oxygen atoms in total. The largest absolute Gasteiger partial charge is 0.0620 e. The van der Waals surface area contributed by atoms with E-state index in [0.717, 1.165) is 19.3 Å². The fourth-order valence-electron chi connectivity index (χ4n) is 8.81. The molecule has 42 heavy (non-hydrogen) atoms. The predicted octanol–water partition coefficient (Wildman–Crippen LogP) is 10.3. The molecule has 0 aromatic heterocycles. The fraction of sp³-hybridized carbons (Fsp3) is 0.143. The number of hydrogen-bond acceptors (Lipinski definition) is 0. The van der Waals surface area contributed by atoms with Gasteiger partial charge in [-0.15, -0.1) is 0 Å². The maximum Gasteiger partial charge on any atom is 0.0226 e. The third-order valence-electron chi connectivity index (χ3n) is 10.5. The molecule has 0 spiro atoms. The molecule has 0 heterocycles. The van der Waals surface area contributed by atoms with Gasteiger partial charge in [-0.05, 0) is 86.0 Å². The van der Waals surface area contributed by atoms with Crippen LogP contribution in [0.2, 0.25) is 0 Å². The summed E-state index contributed by atoms with van der Waals surface area (Å²) in [4.78, 5) is 0. The Morgan fingerprint density at radius 2 is 0.690 bits per heavy atom. The van der Waals surface area contributed by atoms with Gasteiger partial charge >= 0.3 is 0 Å². The zero-order valence-corrected chi connectivity index (χ0v) is 23.6. The highest BCUT2D eigenvalue weighted by Gasteiger charge is 2.47. The van der Waals surface area contributed by atoms with Crippen molar-refractivity contribution in [2.24, 2.45) is 0 Å². The van der Waals surface area contributed by atoms with E-state index in [9.17, 15) is 0 Å². The molecule has 0 saturated heterocycles. The average Bonchev–Trinajstić information content (AvgIpc) is 3.54. The molecular formula is C42H32. The van der Waals surface area contributed by atoms with Crippen molar-refractivity contribution >= 4 is 0 Å². The van der Waals surface area contributed by atoms with E-state index in [4.69, 9.17) is 0 Å². The lowest BCUT2D eigenvalue weighted by molar-refractivity contribution is 0.388. The Bertz CT molecular complexity index is 1760. The van der Waals surface area contributed by atoms with Gasteiger partial charge in [-0.1, -0.05) is 146 Å². The van der Waals surface area contributed by atoms with E-state index in [-0.39, 0.29) is 5.41 Å². The first-order valence-corrected chi connectivity index (χ1v) is 15.3. The zero-order chi connectivity index (χ0) is 27.7. The van der Waals surface area contributed by atoms with E-state index in [1.807, 2.05) is 0 Å². The molecule has 0 saturated carbocycles. The summed E-state index contributed by atoms with van der Waals surface area (Å²) in [7, 11) is 0. The van der Waals surface area contributed by atoms with E-state index in [2.05, 4.69) is 146 Å². The van der Waals surface area contributed by atoms with Gasteiger partial charge in [0.05, 0.1) is 0 Å². The fourth-order valence-corrected chi connectivity index (χ4v) is 8.81. The van der Waals surface area contributed by atoms with Crippen molar-refractivity contribution in [1.29, 1.82) is 0 Å². The SMILES string of the molecule is c1ccc2c(c1)Cc1ccccc1C2(CC1c2ccccc2-c2ccccc21)CC1c2ccccc2-c2ccccc21. The Balaban J connectivity index is 1.30. The Kier molecular flexibility index (Phi) is 5.23. The first-order chi connectivity index (χ1) is 20.8. The summed E-state index contributed by atoms with van der Waals surface area (Å²) in [6.45, 7) is 0. The van der Waals surface area contributed by atoms with E-state index >= 15 is 0 Å². The van der Waals surface area contributed by atoms with Crippen molar-refractivity contribution < 1.29 is 0 Å². The van der Waals surface area contributed by atoms with Gasteiger partial charge in [0.25, 0.3) is 0 Å². The molecule has 0 atom stereocenters. The Morgan fingerprint density at radius 1 is 0.381 bits per heavy atom. The van der Waals surface area contributed by atoms with Gasteiger partial charge < -0.3 is 0 Å². The van der Waals surface area contributed by atoms with Crippen LogP contribution >= 0.6 is 0 Å². The lowest BCUT2D eigenvalue weighted by Gasteiger charge is -2.45. The second-order valence-electron chi connectivity index (χ2n) is 12.4. The van der Waals surface area contributed by atoms with Gasteiger partial charge in [0.15, 0.2) is 0 Å². The topological polar surface area (TPSA) is 0 Å². The first kappa shape index (κ1) is 24.0. The molecule has 0 unspecified atom stereocenters. The van der Waals surface area contributed by atoms with Crippen LogP contribution in [0.25, 0.3) is 22.3 Å².